The third-order valence-electron chi connectivity index (χ3n) is 4.95. The van der Waals surface area contributed by atoms with E-state index in [1.165, 1.54) is 68.8 Å². The van der Waals surface area contributed by atoms with Gasteiger partial charge in [0.2, 0.25) is 11.7 Å². The van der Waals surface area contributed by atoms with Gasteiger partial charge in [0.25, 0.3) is 15.9 Å². The summed E-state index contributed by atoms with van der Waals surface area (Å²) in [5, 5.41) is 6.51. The molecule has 35 heavy (non-hydrogen) atoms. The second-order valence-electron chi connectivity index (χ2n) is 8.20. The third kappa shape index (κ3) is 5.49. The maximum absolute atomic E-state index is 13.0. The molecule has 0 saturated heterocycles. The number of nitrogens with zero attached hydrogens (tertiary/aromatic N) is 4. The van der Waals surface area contributed by atoms with Gasteiger partial charge in [-0.2, -0.15) is 4.98 Å². The van der Waals surface area contributed by atoms with Crippen LogP contribution >= 0.6 is 0 Å². The van der Waals surface area contributed by atoms with Crippen molar-refractivity contribution >= 4 is 27.3 Å². The van der Waals surface area contributed by atoms with E-state index in [1.807, 2.05) is 0 Å². The molecule has 4 aromatic rings. The molecule has 0 spiro atoms. The smallest absolute Gasteiger partial charge is 0.278 e. The Labute approximate surface area is 200 Å². The molecular weight excluding hydrogens is 475 g/mol. The number of sulfonamides is 1. The van der Waals surface area contributed by atoms with Gasteiger partial charge in [-0.3, -0.25) is 14.5 Å². The van der Waals surface area contributed by atoms with E-state index in [-0.39, 0.29) is 22.3 Å². The number of rotatable bonds is 8. The topological polar surface area (TPSA) is 140 Å². The number of amides is 1. The van der Waals surface area contributed by atoms with Gasteiger partial charge < -0.3 is 9.84 Å². The number of hydrogen-bond donors (Lipinski definition) is 2. The maximum atomic E-state index is 13.0. The van der Waals surface area contributed by atoms with Crippen LogP contribution in [-0.2, 0) is 14.8 Å². The van der Waals surface area contributed by atoms with Crippen molar-refractivity contribution in [2.45, 2.75) is 18.7 Å². The quantitative estimate of drug-likeness (QED) is 0.374. The average Bonchev–Trinajstić information content (AvgIpc) is 3.36. The fourth-order valence-corrected chi connectivity index (χ4v) is 3.96. The summed E-state index contributed by atoms with van der Waals surface area (Å²) in [5.74, 6) is -0.130. The SMILES string of the molecule is CC(C)(CF)C(=O)Nc1ccc(NS(=O)(=O)c2cccc(-c3noc(-c4cnccn4)n3)c2)cc1. The van der Waals surface area contributed by atoms with Crippen LogP contribution in [-0.4, -0.2) is 41.1 Å². The minimum absolute atomic E-state index is 0.0112. The minimum atomic E-state index is -3.95. The maximum Gasteiger partial charge on any atom is 0.278 e. The number of halogens is 1. The first-order valence-corrected chi connectivity index (χ1v) is 11.9. The summed E-state index contributed by atoms with van der Waals surface area (Å²) in [6.45, 7) is 2.18. The van der Waals surface area contributed by atoms with E-state index in [0.717, 1.165) is 0 Å². The fourth-order valence-electron chi connectivity index (χ4n) is 2.85. The van der Waals surface area contributed by atoms with E-state index in [9.17, 15) is 17.6 Å². The van der Waals surface area contributed by atoms with Gasteiger partial charge in [0.15, 0.2) is 0 Å². The highest BCUT2D eigenvalue weighted by Gasteiger charge is 2.27. The number of anilines is 2. The summed E-state index contributed by atoms with van der Waals surface area (Å²) in [6.07, 6.45) is 4.48. The van der Waals surface area contributed by atoms with E-state index in [2.05, 4.69) is 30.1 Å². The summed E-state index contributed by atoms with van der Waals surface area (Å²) in [5.41, 5.74) is 0.351. The molecule has 0 aliphatic carbocycles. The number of carbonyl (C=O) groups is 1. The molecule has 2 aromatic carbocycles. The van der Waals surface area contributed by atoms with Crippen molar-refractivity contribution in [1.82, 2.24) is 20.1 Å². The highest BCUT2D eigenvalue weighted by molar-refractivity contribution is 7.92. The fraction of sp³-hybridized carbons (Fsp3) is 0.174. The number of benzene rings is 2. The van der Waals surface area contributed by atoms with Crippen LogP contribution in [0.25, 0.3) is 23.0 Å². The van der Waals surface area contributed by atoms with Crippen molar-refractivity contribution < 1.29 is 22.1 Å². The predicted octanol–water partition coefficient (Wildman–Crippen LogP) is 3.93. The lowest BCUT2D eigenvalue weighted by Gasteiger charge is -2.19. The lowest BCUT2D eigenvalue weighted by atomic mass is 9.94. The summed E-state index contributed by atoms with van der Waals surface area (Å²) in [4.78, 5) is 24.4. The van der Waals surface area contributed by atoms with E-state index < -0.39 is 28.0 Å². The van der Waals surface area contributed by atoms with Crippen LogP contribution in [0.1, 0.15) is 13.8 Å². The van der Waals surface area contributed by atoms with Crippen LogP contribution in [0.4, 0.5) is 15.8 Å². The first-order chi connectivity index (χ1) is 16.7. The Bertz CT molecular complexity index is 1440. The van der Waals surface area contributed by atoms with Crippen LogP contribution in [0.2, 0.25) is 0 Å². The van der Waals surface area contributed by atoms with Gasteiger partial charge >= 0.3 is 0 Å². The highest BCUT2D eigenvalue weighted by Crippen LogP contribution is 2.25. The number of nitrogens with one attached hydrogen (secondary N) is 2. The van der Waals surface area contributed by atoms with Crippen LogP contribution in [0, 0.1) is 5.41 Å². The second kappa shape index (κ2) is 9.58. The van der Waals surface area contributed by atoms with E-state index in [0.29, 0.717) is 16.9 Å². The van der Waals surface area contributed by atoms with Gasteiger partial charge in [-0.1, -0.05) is 17.3 Å². The van der Waals surface area contributed by atoms with Crippen molar-refractivity contribution in [2.75, 3.05) is 16.7 Å². The molecule has 180 valence electrons. The molecule has 12 heteroatoms. The van der Waals surface area contributed by atoms with Crippen molar-refractivity contribution in [3.8, 4) is 23.0 Å². The van der Waals surface area contributed by atoms with E-state index in [1.54, 1.807) is 12.1 Å². The Morgan fingerprint density at radius 1 is 1.09 bits per heavy atom. The number of hydrogen-bond acceptors (Lipinski definition) is 8. The normalized spacial score (nSPS) is 11.7. The van der Waals surface area contributed by atoms with Gasteiger partial charge in [0, 0.05) is 29.3 Å². The Morgan fingerprint density at radius 2 is 1.83 bits per heavy atom. The molecule has 0 bridgehead atoms. The standard InChI is InChI=1S/C23H21FN6O4S/c1-23(2,14-24)22(31)27-16-6-8-17(9-7-16)30-35(32,33)18-5-3-4-15(12-18)20-28-21(34-29-20)19-13-25-10-11-26-19/h3-13,30H,14H2,1-2H3,(H,27,31). The minimum Gasteiger partial charge on any atom is -0.332 e. The molecule has 4 rings (SSSR count). The van der Waals surface area contributed by atoms with Crippen LogP contribution in [0.3, 0.4) is 0 Å². The summed E-state index contributed by atoms with van der Waals surface area (Å²) >= 11 is 0. The van der Waals surface area contributed by atoms with E-state index >= 15 is 0 Å². The van der Waals surface area contributed by atoms with Gasteiger partial charge in [-0.15, -0.1) is 0 Å². The molecule has 1 amide bonds. The van der Waals surface area contributed by atoms with Crippen molar-refractivity contribution in [2.24, 2.45) is 5.41 Å². The van der Waals surface area contributed by atoms with E-state index in [4.69, 9.17) is 4.52 Å². The molecule has 0 radical (unpaired) electrons. The zero-order chi connectivity index (χ0) is 25.1. The van der Waals surface area contributed by atoms with Crippen molar-refractivity contribution in [1.29, 1.82) is 0 Å². The summed E-state index contributed by atoms with van der Waals surface area (Å²) in [6, 6.07) is 12.1. The first-order valence-electron chi connectivity index (χ1n) is 10.4. The molecule has 0 fully saturated rings. The first kappa shape index (κ1) is 24.0. The largest absolute Gasteiger partial charge is 0.332 e. The zero-order valence-electron chi connectivity index (χ0n) is 18.8. The van der Waals surface area contributed by atoms with Crippen molar-refractivity contribution in [3.05, 3.63) is 67.1 Å². The Balaban J connectivity index is 1.50. The third-order valence-corrected chi connectivity index (χ3v) is 6.33. The molecule has 0 aliphatic heterocycles. The van der Waals surface area contributed by atoms with Gasteiger partial charge in [-0.25, -0.2) is 17.8 Å². The van der Waals surface area contributed by atoms with Gasteiger partial charge in [0.1, 0.15) is 12.4 Å². The van der Waals surface area contributed by atoms with Gasteiger partial charge in [-0.05, 0) is 50.2 Å². The van der Waals surface area contributed by atoms with Gasteiger partial charge in [0.05, 0.1) is 16.5 Å². The molecule has 2 heterocycles. The number of carbonyl (C=O) groups excluding carboxylic acids is 1. The lowest BCUT2D eigenvalue weighted by molar-refractivity contribution is -0.124. The Kier molecular flexibility index (Phi) is 6.56. The molecular formula is C23H21FN6O4S. The average molecular weight is 497 g/mol. The molecule has 0 saturated carbocycles. The number of alkyl halides is 1. The van der Waals surface area contributed by atoms with Crippen molar-refractivity contribution in [3.63, 3.8) is 0 Å². The Hall–Kier alpha value is -4.19. The highest BCUT2D eigenvalue weighted by atomic mass is 32.2. The van der Waals surface area contributed by atoms with Crippen LogP contribution < -0.4 is 10.0 Å². The zero-order valence-corrected chi connectivity index (χ0v) is 19.6. The Morgan fingerprint density at radius 3 is 2.51 bits per heavy atom. The molecule has 0 atom stereocenters. The summed E-state index contributed by atoms with van der Waals surface area (Å²) in [7, 11) is -3.95. The molecule has 2 aromatic heterocycles. The number of aromatic nitrogens is 4. The summed E-state index contributed by atoms with van der Waals surface area (Å²) < 4.78 is 46.6. The molecule has 0 aliphatic rings. The van der Waals surface area contributed by atoms with Crippen LogP contribution in [0.5, 0.6) is 0 Å². The molecule has 0 unspecified atom stereocenters. The predicted molar refractivity (Wildman–Crippen MR) is 126 cm³/mol. The molecule has 10 nitrogen and oxygen atoms in total. The second-order valence-corrected chi connectivity index (χ2v) is 9.88. The lowest BCUT2D eigenvalue weighted by Crippen LogP contribution is -2.32. The monoisotopic (exact) mass is 496 g/mol. The molecule has 2 N–H and O–H groups in total. The van der Waals surface area contributed by atoms with Crippen LogP contribution in [0.15, 0.2) is 76.5 Å².